The second-order valence-electron chi connectivity index (χ2n) is 3.27. The maximum Gasteiger partial charge on any atom is 0.433 e. The molecule has 0 bridgehead atoms. The number of benzene rings is 1. The molecule has 2 rings (SSSR count). The van der Waals surface area contributed by atoms with Crippen molar-refractivity contribution in [1.82, 2.24) is 10.2 Å². The fraction of sp³-hybridized carbons (Fsp3) is 0.100. The number of rotatable bonds is 1. The third-order valence-electron chi connectivity index (χ3n) is 2.14. The Morgan fingerprint density at radius 2 is 1.76 bits per heavy atom. The van der Waals surface area contributed by atoms with Gasteiger partial charge in [-0.05, 0) is 40.3 Å². The molecular formula is C10H5ClF3IN2. The number of hydrogen-bond donors (Lipinski definition) is 1. The van der Waals surface area contributed by atoms with E-state index in [2.05, 4.69) is 5.10 Å². The van der Waals surface area contributed by atoms with Crippen LogP contribution in [0.4, 0.5) is 13.2 Å². The van der Waals surface area contributed by atoms with Crippen LogP contribution in [0, 0.1) is 3.70 Å². The summed E-state index contributed by atoms with van der Waals surface area (Å²) in [5, 5.41) is 6.08. The number of H-pyrrole nitrogens is 1. The fourth-order valence-corrected chi connectivity index (χ4v) is 2.23. The molecule has 1 aromatic carbocycles. The van der Waals surface area contributed by atoms with Gasteiger partial charge < -0.3 is 0 Å². The molecule has 1 N–H and O–H groups in total. The molecule has 1 heterocycles. The first-order chi connectivity index (χ1) is 7.89. The molecular weight excluding hydrogens is 367 g/mol. The van der Waals surface area contributed by atoms with Crippen molar-refractivity contribution in [3.63, 3.8) is 0 Å². The van der Waals surface area contributed by atoms with Gasteiger partial charge in [0.2, 0.25) is 0 Å². The van der Waals surface area contributed by atoms with Crippen molar-refractivity contribution in [2.75, 3.05) is 0 Å². The summed E-state index contributed by atoms with van der Waals surface area (Å²) in [6, 6.07) is 6.15. The monoisotopic (exact) mass is 372 g/mol. The van der Waals surface area contributed by atoms with Gasteiger partial charge in [-0.25, -0.2) is 0 Å². The van der Waals surface area contributed by atoms with Crippen LogP contribution in [0.3, 0.4) is 0 Å². The summed E-state index contributed by atoms with van der Waals surface area (Å²) in [6.07, 6.45) is -4.45. The van der Waals surface area contributed by atoms with Gasteiger partial charge in [0.15, 0.2) is 0 Å². The molecule has 90 valence electrons. The molecule has 0 aliphatic rings. The van der Waals surface area contributed by atoms with Gasteiger partial charge in [0.05, 0.1) is 0 Å². The number of aromatic nitrogens is 2. The third kappa shape index (κ3) is 2.57. The lowest BCUT2D eigenvalue weighted by atomic mass is 10.1. The quantitative estimate of drug-likeness (QED) is 0.741. The zero-order chi connectivity index (χ0) is 12.6. The number of alkyl halides is 3. The number of nitrogens with one attached hydrogen (secondary N) is 1. The molecule has 2 aromatic rings. The second kappa shape index (κ2) is 4.49. The fourth-order valence-electron chi connectivity index (χ4n) is 1.41. The number of hydrogen-bond acceptors (Lipinski definition) is 1. The van der Waals surface area contributed by atoms with E-state index in [1.807, 2.05) is 5.10 Å². The molecule has 1 aromatic heterocycles. The summed E-state index contributed by atoms with van der Waals surface area (Å²) >= 11 is 7.45. The van der Waals surface area contributed by atoms with Gasteiger partial charge in [-0.15, -0.1) is 0 Å². The molecule has 0 fully saturated rings. The lowest BCUT2D eigenvalue weighted by molar-refractivity contribution is -0.140. The molecule has 0 unspecified atom stereocenters. The van der Waals surface area contributed by atoms with Gasteiger partial charge in [0.25, 0.3) is 0 Å². The Labute approximate surface area is 113 Å². The smallest absolute Gasteiger partial charge is 0.272 e. The van der Waals surface area contributed by atoms with E-state index in [-0.39, 0.29) is 9.26 Å². The maximum absolute atomic E-state index is 12.7. The summed E-state index contributed by atoms with van der Waals surface area (Å²) < 4.78 is 38.5. The Morgan fingerprint density at radius 1 is 1.18 bits per heavy atom. The predicted molar refractivity (Wildman–Crippen MR) is 66.8 cm³/mol. The van der Waals surface area contributed by atoms with Crippen LogP contribution < -0.4 is 0 Å². The van der Waals surface area contributed by atoms with Crippen LogP contribution in [0.2, 0.25) is 5.02 Å². The van der Waals surface area contributed by atoms with Gasteiger partial charge in [-0.1, -0.05) is 23.7 Å². The van der Waals surface area contributed by atoms with Crippen molar-refractivity contribution >= 4 is 34.2 Å². The van der Waals surface area contributed by atoms with E-state index in [0.29, 0.717) is 10.6 Å². The second-order valence-corrected chi connectivity index (χ2v) is 4.73. The standard InChI is InChI=1S/C10H5ClF3IN2/c11-6-3-1-5(2-4-6)7-8(10(12,13)14)16-17-9(7)15/h1-4H,(H,16,17). The minimum atomic E-state index is -4.45. The molecule has 0 spiro atoms. The summed E-state index contributed by atoms with van der Waals surface area (Å²) in [6.45, 7) is 0. The Hall–Kier alpha value is -0.760. The van der Waals surface area contributed by atoms with Crippen LogP contribution in [0.25, 0.3) is 11.1 Å². The van der Waals surface area contributed by atoms with Crippen molar-refractivity contribution in [3.05, 3.63) is 38.7 Å². The first-order valence-corrected chi connectivity index (χ1v) is 5.92. The van der Waals surface area contributed by atoms with Crippen LogP contribution in [0.5, 0.6) is 0 Å². The SMILES string of the molecule is FC(F)(F)c1[nH]nc(I)c1-c1ccc(Cl)cc1. The maximum atomic E-state index is 12.7. The zero-order valence-corrected chi connectivity index (χ0v) is 11.1. The summed E-state index contributed by atoms with van der Waals surface area (Å²) in [5.41, 5.74) is -0.362. The highest BCUT2D eigenvalue weighted by Crippen LogP contribution is 2.38. The van der Waals surface area contributed by atoms with Gasteiger partial charge in [-0.2, -0.15) is 18.3 Å². The van der Waals surface area contributed by atoms with Crippen molar-refractivity contribution in [3.8, 4) is 11.1 Å². The van der Waals surface area contributed by atoms with Crippen molar-refractivity contribution in [1.29, 1.82) is 0 Å². The van der Waals surface area contributed by atoms with E-state index in [9.17, 15) is 13.2 Å². The Balaban J connectivity index is 2.59. The van der Waals surface area contributed by atoms with Crippen LogP contribution in [-0.2, 0) is 6.18 Å². The number of aromatic amines is 1. The first kappa shape index (κ1) is 12.7. The van der Waals surface area contributed by atoms with Crippen molar-refractivity contribution < 1.29 is 13.2 Å². The third-order valence-corrected chi connectivity index (χ3v) is 3.17. The summed E-state index contributed by atoms with van der Waals surface area (Å²) in [5.74, 6) is 0. The highest BCUT2D eigenvalue weighted by atomic mass is 127. The Kier molecular flexibility index (Phi) is 3.35. The zero-order valence-electron chi connectivity index (χ0n) is 8.15. The van der Waals surface area contributed by atoms with Crippen LogP contribution in [0.15, 0.2) is 24.3 Å². The van der Waals surface area contributed by atoms with E-state index >= 15 is 0 Å². The molecule has 0 saturated carbocycles. The van der Waals surface area contributed by atoms with E-state index in [1.165, 1.54) is 12.1 Å². The number of nitrogens with zero attached hydrogens (tertiary/aromatic N) is 1. The topological polar surface area (TPSA) is 28.7 Å². The predicted octanol–water partition coefficient (Wildman–Crippen LogP) is 4.35. The van der Waals surface area contributed by atoms with Gasteiger partial charge in [0.1, 0.15) is 9.39 Å². The van der Waals surface area contributed by atoms with E-state index < -0.39 is 11.9 Å². The number of halogens is 5. The van der Waals surface area contributed by atoms with Crippen LogP contribution in [-0.4, -0.2) is 10.2 Å². The van der Waals surface area contributed by atoms with Gasteiger partial charge in [-0.3, -0.25) is 5.10 Å². The lowest BCUT2D eigenvalue weighted by Crippen LogP contribution is -2.07. The average molecular weight is 373 g/mol. The lowest BCUT2D eigenvalue weighted by Gasteiger charge is -2.07. The van der Waals surface area contributed by atoms with Crippen LogP contribution >= 0.6 is 34.2 Å². The average Bonchev–Trinajstić information content (AvgIpc) is 2.61. The molecule has 7 heteroatoms. The van der Waals surface area contributed by atoms with E-state index in [1.54, 1.807) is 34.7 Å². The highest BCUT2D eigenvalue weighted by Gasteiger charge is 2.37. The molecule has 0 saturated heterocycles. The molecule has 0 aliphatic carbocycles. The Morgan fingerprint density at radius 3 is 2.29 bits per heavy atom. The summed E-state index contributed by atoms with van der Waals surface area (Å²) in [7, 11) is 0. The Bertz CT molecular complexity index is 533. The van der Waals surface area contributed by atoms with Crippen molar-refractivity contribution in [2.24, 2.45) is 0 Å². The van der Waals surface area contributed by atoms with Crippen molar-refractivity contribution in [2.45, 2.75) is 6.18 Å². The largest absolute Gasteiger partial charge is 0.433 e. The molecule has 0 atom stereocenters. The minimum absolute atomic E-state index is 0.0507. The molecule has 0 amide bonds. The summed E-state index contributed by atoms with van der Waals surface area (Å²) in [4.78, 5) is 0. The van der Waals surface area contributed by atoms with Crippen LogP contribution in [0.1, 0.15) is 5.69 Å². The molecule has 0 radical (unpaired) electrons. The van der Waals surface area contributed by atoms with Gasteiger partial charge >= 0.3 is 6.18 Å². The van der Waals surface area contributed by atoms with Gasteiger partial charge in [0, 0.05) is 10.6 Å². The molecule has 17 heavy (non-hydrogen) atoms. The van der Waals surface area contributed by atoms with E-state index in [0.717, 1.165) is 0 Å². The normalized spacial score (nSPS) is 11.8. The first-order valence-electron chi connectivity index (χ1n) is 4.46. The highest BCUT2D eigenvalue weighted by molar-refractivity contribution is 14.1. The van der Waals surface area contributed by atoms with E-state index in [4.69, 9.17) is 11.6 Å². The molecule has 2 nitrogen and oxygen atoms in total. The molecule has 0 aliphatic heterocycles. The minimum Gasteiger partial charge on any atom is -0.272 e.